The number of hydrogen-bond donors (Lipinski definition) is 0. The zero-order valence-electron chi connectivity index (χ0n) is 11.9. The SMILES string of the molecule is COCC(=O)N1CCN(C(=O)c2cc(F)c(F)cc2Cl)CC1. The van der Waals surface area contributed by atoms with E-state index < -0.39 is 17.5 Å². The number of methoxy groups -OCH3 is 1. The van der Waals surface area contributed by atoms with Crippen molar-refractivity contribution >= 4 is 23.4 Å². The van der Waals surface area contributed by atoms with Crippen LogP contribution in [0, 0.1) is 11.6 Å². The van der Waals surface area contributed by atoms with Crippen LogP contribution in [-0.2, 0) is 9.53 Å². The van der Waals surface area contributed by atoms with E-state index in [0.717, 1.165) is 12.1 Å². The van der Waals surface area contributed by atoms with E-state index in [1.54, 1.807) is 4.90 Å². The van der Waals surface area contributed by atoms with Crippen molar-refractivity contribution in [1.29, 1.82) is 0 Å². The summed E-state index contributed by atoms with van der Waals surface area (Å²) in [5, 5.41) is -0.137. The number of carbonyl (C=O) groups is 2. The third-order valence-electron chi connectivity index (χ3n) is 3.43. The lowest BCUT2D eigenvalue weighted by Gasteiger charge is -2.34. The van der Waals surface area contributed by atoms with Crippen LogP contribution < -0.4 is 0 Å². The van der Waals surface area contributed by atoms with Gasteiger partial charge < -0.3 is 14.5 Å². The van der Waals surface area contributed by atoms with E-state index in [9.17, 15) is 18.4 Å². The van der Waals surface area contributed by atoms with Gasteiger partial charge in [-0.2, -0.15) is 0 Å². The number of piperazine rings is 1. The molecule has 0 radical (unpaired) electrons. The number of nitrogens with zero attached hydrogens (tertiary/aromatic N) is 2. The van der Waals surface area contributed by atoms with Gasteiger partial charge in [0.05, 0.1) is 10.6 Å². The van der Waals surface area contributed by atoms with Crippen LogP contribution in [0.25, 0.3) is 0 Å². The van der Waals surface area contributed by atoms with E-state index in [2.05, 4.69) is 0 Å². The van der Waals surface area contributed by atoms with Crippen molar-refractivity contribution in [2.75, 3.05) is 39.9 Å². The van der Waals surface area contributed by atoms with Crippen LogP contribution in [0.5, 0.6) is 0 Å². The van der Waals surface area contributed by atoms with Gasteiger partial charge in [0.2, 0.25) is 5.91 Å². The fourth-order valence-corrected chi connectivity index (χ4v) is 2.46. The lowest BCUT2D eigenvalue weighted by molar-refractivity contribution is -0.136. The van der Waals surface area contributed by atoms with Gasteiger partial charge in [-0.1, -0.05) is 11.6 Å². The first-order valence-electron chi connectivity index (χ1n) is 6.64. The lowest BCUT2D eigenvalue weighted by Crippen LogP contribution is -2.51. The van der Waals surface area contributed by atoms with Crippen LogP contribution in [0.4, 0.5) is 8.78 Å². The normalized spacial score (nSPS) is 15.1. The molecule has 1 aliphatic rings. The summed E-state index contributed by atoms with van der Waals surface area (Å²) in [5.41, 5.74) is -0.0859. The Balaban J connectivity index is 2.04. The summed E-state index contributed by atoms with van der Waals surface area (Å²) >= 11 is 5.80. The fraction of sp³-hybridized carbons (Fsp3) is 0.429. The molecule has 0 unspecified atom stereocenters. The predicted octanol–water partition coefficient (Wildman–Crippen LogP) is 1.55. The Morgan fingerprint density at radius 1 is 1.14 bits per heavy atom. The number of halogens is 3. The van der Waals surface area contributed by atoms with Gasteiger partial charge in [0.1, 0.15) is 6.61 Å². The zero-order chi connectivity index (χ0) is 16.3. The quantitative estimate of drug-likeness (QED) is 0.789. The molecule has 0 bridgehead atoms. The summed E-state index contributed by atoms with van der Waals surface area (Å²) in [6.45, 7) is 1.29. The molecule has 2 amide bonds. The van der Waals surface area contributed by atoms with Crippen LogP contribution in [0.15, 0.2) is 12.1 Å². The van der Waals surface area contributed by atoms with Crippen molar-refractivity contribution < 1.29 is 23.1 Å². The summed E-state index contributed by atoms with van der Waals surface area (Å²) in [5.74, 6) is -2.86. The highest BCUT2D eigenvalue weighted by atomic mass is 35.5. The van der Waals surface area contributed by atoms with Crippen LogP contribution >= 0.6 is 11.6 Å². The molecule has 1 fully saturated rings. The molecule has 5 nitrogen and oxygen atoms in total. The van der Waals surface area contributed by atoms with Crippen molar-refractivity contribution in [3.8, 4) is 0 Å². The van der Waals surface area contributed by atoms with Crippen LogP contribution in [-0.4, -0.2) is 61.5 Å². The van der Waals surface area contributed by atoms with E-state index >= 15 is 0 Å². The molecular weight excluding hydrogens is 318 g/mol. The number of carbonyl (C=O) groups excluding carboxylic acids is 2. The Hall–Kier alpha value is -1.73. The molecule has 0 N–H and O–H groups in total. The highest BCUT2D eigenvalue weighted by molar-refractivity contribution is 6.33. The monoisotopic (exact) mass is 332 g/mol. The van der Waals surface area contributed by atoms with E-state index in [0.29, 0.717) is 26.2 Å². The Bertz CT molecular complexity index is 590. The van der Waals surface area contributed by atoms with Gasteiger partial charge in [0, 0.05) is 33.3 Å². The van der Waals surface area contributed by atoms with Gasteiger partial charge >= 0.3 is 0 Å². The van der Waals surface area contributed by atoms with Crippen LogP contribution in [0.2, 0.25) is 5.02 Å². The van der Waals surface area contributed by atoms with Gasteiger partial charge in [0.15, 0.2) is 11.6 Å². The minimum absolute atomic E-state index is 0.0110. The van der Waals surface area contributed by atoms with E-state index in [1.807, 2.05) is 0 Å². The van der Waals surface area contributed by atoms with Crippen molar-refractivity contribution in [2.45, 2.75) is 0 Å². The molecule has 8 heteroatoms. The second-order valence-electron chi connectivity index (χ2n) is 4.85. The van der Waals surface area contributed by atoms with E-state index in [4.69, 9.17) is 16.3 Å². The summed E-state index contributed by atoms with van der Waals surface area (Å²) < 4.78 is 31.1. The van der Waals surface area contributed by atoms with Gasteiger partial charge in [-0.05, 0) is 12.1 Å². The molecule has 0 spiro atoms. The average Bonchev–Trinajstić information content (AvgIpc) is 2.50. The summed E-state index contributed by atoms with van der Waals surface area (Å²) in [6, 6.07) is 1.57. The number of ether oxygens (including phenoxy) is 1. The Morgan fingerprint density at radius 3 is 2.27 bits per heavy atom. The molecule has 0 aromatic heterocycles. The highest BCUT2D eigenvalue weighted by Crippen LogP contribution is 2.22. The first kappa shape index (κ1) is 16.6. The maximum atomic E-state index is 13.3. The van der Waals surface area contributed by atoms with Crippen molar-refractivity contribution in [3.63, 3.8) is 0 Å². The zero-order valence-corrected chi connectivity index (χ0v) is 12.7. The molecule has 22 heavy (non-hydrogen) atoms. The van der Waals surface area contributed by atoms with E-state index in [-0.39, 0.29) is 23.1 Å². The average molecular weight is 333 g/mol. The molecular formula is C14H15ClF2N2O3. The van der Waals surface area contributed by atoms with Crippen LogP contribution in [0.3, 0.4) is 0 Å². The Labute approximate surface area is 131 Å². The highest BCUT2D eigenvalue weighted by Gasteiger charge is 2.26. The maximum Gasteiger partial charge on any atom is 0.255 e. The first-order chi connectivity index (χ1) is 10.4. The van der Waals surface area contributed by atoms with E-state index in [1.165, 1.54) is 12.0 Å². The third kappa shape index (κ3) is 3.53. The van der Waals surface area contributed by atoms with Crippen molar-refractivity contribution in [1.82, 2.24) is 9.80 Å². The Kier molecular flexibility index (Phi) is 5.31. The molecule has 1 aromatic carbocycles. The molecule has 1 heterocycles. The van der Waals surface area contributed by atoms with Gasteiger partial charge in [-0.3, -0.25) is 9.59 Å². The maximum absolute atomic E-state index is 13.3. The molecule has 1 aromatic rings. The minimum Gasteiger partial charge on any atom is -0.375 e. The number of rotatable bonds is 3. The molecule has 1 aliphatic heterocycles. The van der Waals surface area contributed by atoms with Gasteiger partial charge in [0.25, 0.3) is 5.91 Å². The summed E-state index contributed by atoms with van der Waals surface area (Å²) in [7, 11) is 1.43. The molecule has 0 atom stereocenters. The van der Waals surface area contributed by atoms with Gasteiger partial charge in [-0.25, -0.2) is 8.78 Å². The largest absolute Gasteiger partial charge is 0.375 e. The van der Waals surface area contributed by atoms with Crippen molar-refractivity contribution in [2.24, 2.45) is 0 Å². The first-order valence-corrected chi connectivity index (χ1v) is 7.02. The number of benzene rings is 1. The smallest absolute Gasteiger partial charge is 0.255 e. The second kappa shape index (κ2) is 7.02. The molecule has 1 saturated heterocycles. The summed E-state index contributed by atoms with van der Waals surface area (Å²) in [4.78, 5) is 27.0. The predicted molar refractivity (Wildman–Crippen MR) is 75.7 cm³/mol. The molecule has 0 aliphatic carbocycles. The summed E-state index contributed by atoms with van der Waals surface area (Å²) in [6.07, 6.45) is 0. The standard InChI is InChI=1S/C14H15ClF2N2O3/c1-22-8-13(20)18-2-4-19(5-3-18)14(21)9-6-11(16)12(17)7-10(9)15/h6-7H,2-5,8H2,1H3. The second-order valence-corrected chi connectivity index (χ2v) is 5.26. The lowest BCUT2D eigenvalue weighted by atomic mass is 10.1. The third-order valence-corrected chi connectivity index (χ3v) is 3.74. The molecule has 0 saturated carbocycles. The van der Waals surface area contributed by atoms with Gasteiger partial charge in [-0.15, -0.1) is 0 Å². The number of hydrogen-bond acceptors (Lipinski definition) is 3. The van der Waals surface area contributed by atoms with Crippen LogP contribution in [0.1, 0.15) is 10.4 Å². The number of amides is 2. The topological polar surface area (TPSA) is 49.9 Å². The fourth-order valence-electron chi connectivity index (χ4n) is 2.23. The van der Waals surface area contributed by atoms with Crippen molar-refractivity contribution in [3.05, 3.63) is 34.4 Å². The minimum atomic E-state index is -1.12. The Morgan fingerprint density at radius 2 is 1.68 bits per heavy atom. The molecule has 2 rings (SSSR count). The molecule has 120 valence electrons.